The van der Waals surface area contributed by atoms with Gasteiger partial charge in [-0.05, 0) is 63.5 Å². The van der Waals surface area contributed by atoms with Gasteiger partial charge in [0.2, 0.25) is 5.78 Å². The predicted molar refractivity (Wildman–Crippen MR) is 115 cm³/mol. The Morgan fingerprint density at radius 3 is 2.12 bits per heavy atom. The third kappa shape index (κ3) is 2.36. The summed E-state index contributed by atoms with van der Waals surface area (Å²) in [5, 5.41) is 24.1. The number of aliphatic hydroxyl groups is 2. The predicted octanol–water partition coefficient (Wildman–Crippen LogP) is 2.63. The summed E-state index contributed by atoms with van der Waals surface area (Å²) in [5.74, 6) is -2.96. The van der Waals surface area contributed by atoms with E-state index < -0.39 is 62.8 Å². The summed E-state index contributed by atoms with van der Waals surface area (Å²) in [5.41, 5.74) is -7.75. The summed E-state index contributed by atoms with van der Waals surface area (Å²) in [6.07, 6.45) is 3.50. The Balaban J connectivity index is 2.09. The standard InChI is InChI=1S/C25H34O7/c1-13(2)25(30)18(27)22(6)12-16-21(5,24(25,8)19(28)32-22)10-9-14-15(23(16,7)29)11-17(26)31-20(14,3)4/h9,11,13,16,29-30H,10,12H2,1-8H3. The topological polar surface area (TPSA) is 110 Å². The Bertz CT molecular complexity index is 1000. The maximum absolute atomic E-state index is 13.8. The molecule has 3 aliphatic heterocycles. The van der Waals surface area contributed by atoms with Crippen LogP contribution in [0.4, 0.5) is 0 Å². The number of carbonyl (C=O) groups excluding carboxylic acids is 3. The quantitative estimate of drug-likeness (QED) is 0.596. The monoisotopic (exact) mass is 446 g/mol. The van der Waals surface area contributed by atoms with E-state index >= 15 is 0 Å². The van der Waals surface area contributed by atoms with E-state index in [1.54, 1.807) is 41.5 Å². The average molecular weight is 447 g/mol. The minimum absolute atomic E-state index is 0.0274. The van der Waals surface area contributed by atoms with Crippen LogP contribution in [0.3, 0.4) is 0 Å². The molecule has 0 amide bonds. The van der Waals surface area contributed by atoms with Gasteiger partial charge in [0.1, 0.15) is 16.6 Å². The SMILES string of the molecule is CC(C)C1(O)C(=O)C2(C)CC3C(C)(O)C4=CC(=O)OC(C)(C)C4=CCC3(C)C1(C)C(=O)O2. The summed E-state index contributed by atoms with van der Waals surface area (Å²) in [7, 11) is 0. The number of hydrogen-bond acceptors (Lipinski definition) is 7. The Hall–Kier alpha value is -1.99. The maximum Gasteiger partial charge on any atom is 0.332 e. The fourth-order valence-corrected chi connectivity index (χ4v) is 7.04. The zero-order valence-electron chi connectivity index (χ0n) is 20.2. The molecule has 0 radical (unpaired) electrons. The van der Waals surface area contributed by atoms with E-state index in [9.17, 15) is 24.6 Å². The van der Waals surface area contributed by atoms with Gasteiger partial charge >= 0.3 is 11.9 Å². The second-order valence-electron chi connectivity index (χ2n) is 11.6. The van der Waals surface area contributed by atoms with Crippen molar-refractivity contribution in [3.63, 3.8) is 0 Å². The summed E-state index contributed by atoms with van der Waals surface area (Å²) >= 11 is 0. The van der Waals surface area contributed by atoms with Crippen LogP contribution in [0.25, 0.3) is 0 Å². The molecule has 2 N–H and O–H groups in total. The summed E-state index contributed by atoms with van der Waals surface area (Å²) in [6.45, 7) is 13.6. The van der Waals surface area contributed by atoms with Crippen molar-refractivity contribution in [2.75, 3.05) is 0 Å². The lowest BCUT2D eigenvalue weighted by Crippen LogP contribution is -2.73. The van der Waals surface area contributed by atoms with Gasteiger partial charge in [0, 0.05) is 18.4 Å². The molecular weight excluding hydrogens is 412 g/mol. The lowest BCUT2D eigenvalue weighted by molar-refractivity contribution is -0.234. The van der Waals surface area contributed by atoms with Crippen molar-refractivity contribution in [1.82, 2.24) is 0 Å². The highest BCUT2D eigenvalue weighted by Gasteiger charge is 2.79. The summed E-state index contributed by atoms with van der Waals surface area (Å²) in [4.78, 5) is 39.8. The first-order valence-corrected chi connectivity index (χ1v) is 11.3. The first-order valence-electron chi connectivity index (χ1n) is 11.3. The van der Waals surface area contributed by atoms with Crippen molar-refractivity contribution >= 4 is 17.7 Å². The second kappa shape index (κ2) is 6.11. The fraction of sp³-hybridized carbons (Fsp3) is 0.720. The van der Waals surface area contributed by atoms with Crippen LogP contribution < -0.4 is 0 Å². The van der Waals surface area contributed by atoms with Crippen molar-refractivity contribution in [3.05, 3.63) is 23.3 Å². The van der Waals surface area contributed by atoms with Gasteiger partial charge in [-0.1, -0.05) is 26.8 Å². The smallest absolute Gasteiger partial charge is 0.332 e. The molecular formula is C25H34O7. The number of carbonyl (C=O) groups is 3. The molecule has 7 nitrogen and oxygen atoms in total. The Kier molecular flexibility index (Phi) is 4.43. The zero-order chi connectivity index (χ0) is 24.3. The van der Waals surface area contributed by atoms with Crippen molar-refractivity contribution < 1.29 is 34.1 Å². The number of allylic oxidation sites excluding steroid dienone is 1. The average Bonchev–Trinajstić information content (AvgIpc) is 2.80. The first kappa shape index (κ1) is 23.2. The molecule has 1 saturated carbocycles. The zero-order valence-corrected chi connectivity index (χ0v) is 20.2. The van der Waals surface area contributed by atoms with Gasteiger partial charge in [0.25, 0.3) is 0 Å². The molecule has 5 aliphatic rings. The van der Waals surface area contributed by atoms with Gasteiger partial charge in [-0.2, -0.15) is 0 Å². The molecule has 176 valence electrons. The molecule has 0 spiro atoms. The number of rotatable bonds is 1. The van der Waals surface area contributed by atoms with E-state index in [2.05, 4.69) is 0 Å². The van der Waals surface area contributed by atoms with Crippen molar-refractivity contribution in [2.24, 2.45) is 22.7 Å². The lowest BCUT2D eigenvalue weighted by Gasteiger charge is -2.57. The van der Waals surface area contributed by atoms with Gasteiger partial charge in [-0.3, -0.25) is 9.59 Å². The van der Waals surface area contributed by atoms with E-state index in [1.807, 2.05) is 13.0 Å². The molecule has 32 heavy (non-hydrogen) atoms. The minimum Gasteiger partial charge on any atom is -0.452 e. The van der Waals surface area contributed by atoms with Crippen LogP contribution >= 0.6 is 0 Å². The molecule has 0 aromatic heterocycles. The Morgan fingerprint density at radius 1 is 0.969 bits per heavy atom. The summed E-state index contributed by atoms with van der Waals surface area (Å²) < 4.78 is 11.3. The molecule has 7 heteroatoms. The highest BCUT2D eigenvalue weighted by Crippen LogP contribution is 2.68. The van der Waals surface area contributed by atoms with Gasteiger partial charge in [0.05, 0.1) is 5.60 Å². The molecule has 6 unspecified atom stereocenters. The number of Topliss-reactive ketones (excluding diaryl/α,β-unsaturated/α-hetero) is 1. The number of cyclic esters (lactones) is 1. The normalized spacial score (nSPS) is 47.5. The van der Waals surface area contributed by atoms with Crippen LogP contribution in [0.1, 0.15) is 68.2 Å². The van der Waals surface area contributed by atoms with Crippen molar-refractivity contribution in [1.29, 1.82) is 0 Å². The Labute approximate surface area is 188 Å². The first-order chi connectivity index (χ1) is 14.4. The van der Waals surface area contributed by atoms with Crippen LogP contribution in [-0.2, 0) is 23.9 Å². The molecule has 2 saturated heterocycles. The van der Waals surface area contributed by atoms with Crippen LogP contribution in [0.2, 0.25) is 0 Å². The fourth-order valence-electron chi connectivity index (χ4n) is 7.04. The van der Waals surface area contributed by atoms with E-state index in [0.717, 1.165) is 0 Å². The van der Waals surface area contributed by atoms with Gasteiger partial charge in [-0.15, -0.1) is 0 Å². The number of hydrogen-bond donors (Lipinski definition) is 2. The number of ether oxygens (including phenoxy) is 2. The highest BCUT2D eigenvalue weighted by atomic mass is 16.6. The molecule has 5 rings (SSSR count). The number of fused-ring (bicyclic) bond motifs is 3. The van der Waals surface area contributed by atoms with E-state index in [1.165, 1.54) is 13.0 Å². The molecule has 2 bridgehead atoms. The molecule has 2 aliphatic carbocycles. The van der Waals surface area contributed by atoms with E-state index in [4.69, 9.17) is 9.47 Å². The molecule has 0 aromatic carbocycles. The molecule has 3 fully saturated rings. The van der Waals surface area contributed by atoms with Crippen LogP contribution in [0.5, 0.6) is 0 Å². The lowest BCUT2D eigenvalue weighted by atomic mass is 9.47. The Morgan fingerprint density at radius 2 is 1.56 bits per heavy atom. The third-order valence-electron chi connectivity index (χ3n) is 9.17. The van der Waals surface area contributed by atoms with Crippen LogP contribution in [0, 0.1) is 22.7 Å². The summed E-state index contributed by atoms with van der Waals surface area (Å²) in [6, 6.07) is 0. The van der Waals surface area contributed by atoms with E-state index in [-0.39, 0.29) is 12.8 Å². The largest absolute Gasteiger partial charge is 0.452 e. The second-order valence-corrected chi connectivity index (χ2v) is 11.6. The molecule has 0 aromatic rings. The third-order valence-corrected chi connectivity index (χ3v) is 9.17. The van der Waals surface area contributed by atoms with Crippen molar-refractivity contribution in [3.8, 4) is 0 Å². The van der Waals surface area contributed by atoms with Gasteiger partial charge in [-0.25, -0.2) is 4.79 Å². The van der Waals surface area contributed by atoms with Gasteiger partial charge < -0.3 is 19.7 Å². The van der Waals surface area contributed by atoms with Crippen molar-refractivity contribution in [2.45, 2.75) is 90.6 Å². The van der Waals surface area contributed by atoms with Crippen LogP contribution in [-0.4, -0.2) is 50.3 Å². The molecule has 6 atom stereocenters. The minimum atomic E-state index is -1.99. The molecule has 3 heterocycles. The van der Waals surface area contributed by atoms with Crippen LogP contribution in [0.15, 0.2) is 23.3 Å². The maximum atomic E-state index is 13.8. The van der Waals surface area contributed by atoms with Gasteiger partial charge in [0.15, 0.2) is 5.60 Å². The number of esters is 2. The van der Waals surface area contributed by atoms with E-state index in [0.29, 0.717) is 11.1 Å². The highest BCUT2D eigenvalue weighted by molar-refractivity contribution is 6.05. The number of ketones is 1.